The SMILES string of the molecule is Cc1ccccc1-c1ccccc1C(c1ccccc1-c1ccccc1C)c1c(-c2ccc(N(c3ccccc3)c3ccccc3)cc2)cccc1-c1ccccc1C. The summed E-state index contributed by atoms with van der Waals surface area (Å²) in [6, 6.07) is 81.9. The maximum atomic E-state index is 2.36. The highest BCUT2D eigenvalue weighted by molar-refractivity contribution is 5.87. The minimum absolute atomic E-state index is 0.128. The van der Waals surface area contributed by atoms with Crippen molar-refractivity contribution in [2.24, 2.45) is 0 Å². The fourth-order valence-corrected chi connectivity index (χ4v) is 8.85. The minimum atomic E-state index is -0.128. The number of hydrogen-bond acceptors (Lipinski definition) is 1. The molecule has 0 radical (unpaired) electrons. The lowest BCUT2D eigenvalue weighted by Crippen LogP contribution is -2.11. The van der Waals surface area contributed by atoms with Crippen LogP contribution < -0.4 is 4.90 Å². The molecule has 0 N–H and O–H groups in total. The smallest absolute Gasteiger partial charge is 0.0462 e. The molecule has 0 spiro atoms. The number of hydrogen-bond donors (Lipinski definition) is 0. The van der Waals surface area contributed by atoms with E-state index in [1.54, 1.807) is 0 Å². The van der Waals surface area contributed by atoms with Crippen molar-refractivity contribution in [3.63, 3.8) is 0 Å². The molecule has 59 heavy (non-hydrogen) atoms. The molecule has 9 aromatic carbocycles. The molecule has 1 heteroatoms. The van der Waals surface area contributed by atoms with E-state index in [4.69, 9.17) is 0 Å². The monoisotopic (exact) mass is 757 g/mol. The van der Waals surface area contributed by atoms with Crippen LogP contribution in [0.2, 0.25) is 0 Å². The van der Waals surface area contributed by atoms with Crippen LogP contribution in [-0.4, -0.2) is 0 Å². The number of aryl methyl sites for hydroxylation is 3. The van der Waals surface area contributed by atoms with Crippen LogP contribution in [0.3, 0.4) is 0 Å². The van der Waals surface area contributed by atoms with Crippen molar-refractivity contribution < 1.29 is 0 Å². The van der Waals surface area contributed by atoms with Crippen LogP contribution in [0.1, 0.15) is 39.3 Å². The van der Waals surface area contributed by atoms with Gasteiger partial charge < -0.3 is 4.90 Å². The highest BCUT2D eigenvalue weighted by Gasteiger charge is 2.29. The first-order valence-electron chi connectivity index (χ1n) is 20.6. The molecule has 0 heterocycles. The van der Waals surface area contributed by atoms with Crippen molar-refractivity contribution in [3.8, 4) is 44.5 Å². The van der Waals surface area contributed by atoms with Crippen LogP contribution in [-0.2, 0) is 0 Å². The Morgan fingerprint density at radius 1 is 0.271 bits per heavy atom. The fraction of sp³-hybridized carbons (Fsp3) is 0.0690. The molecule has 0 unspecified atom stereocenters. The first-order valence-corrected chi connectivity index (χ1v) is 20.6. The molecule has 0 aromatic heterocycles. The number of benzene rings is 9. The molecular weight excluding hydrogens is 711 g/mol. The quantitative estimate of drug-likeness (QED) is 0.126. The second-order valence-corrected chi connectivity index (χ2v) is 15.4. The van der Waals surface area contributed by atoms with Gasteiger partial charge in [0.2, 0.25) is 0 Å². The van der Waals surface area contributed by atoms with Crippen LogP contribution >= 0.6 is 0 Å². The summed E-state index contributed by atoms with van der Waals surface area (Å²) in [4.78, 5) is 2.33. The summed E-state index contributed by atoms with van der Waals surface area (Å²) in [5.41, 5.74) is 20.8. The molecule has 0 atom stereocenters. The van der Waals surface area contributed by atoms with E-state index in [-0.39, 0.29) is 5.92 Å². The van der Waals surface area contributed by atoms with E-state index in [0.717, 1.165) is 17.1 Å². The van der Waals surface area contributed by atoms with Crippen LogP contribution in [0, 0.1) is 20.8 Å². The normalized spacial score (nSPS) is 11.1. The molecule has 0 bridgehead atoms. The Labute approximate surface area is 349 Å². The van der Waals surface area contributed by atoms with Crippen molar-refractivity contribution in [2.45, 2.75) is 26.7 Å². The van der Waals surface area contributed by atoms with Gasteiger partial charge in [-0.1, -0.05) is 188 Å². The summed E-state index contributed by atoms with van der Waals surface area (Å²) < 4.78 is 0. The second kappa shape index (κ2) is 16.7. The molecule has 0 aliphatic rings. The van der Waals surface area contributed by atoms with E-state index in [1.807, 2.05) is 0 Å². The lowest BCUT2D eigenvalue weighted by atomic mass is 9.73. The maximum Gasteiger partial charge on any atom is 0.0462 e. The van der Waals surface area contributed by atoms with E-state index in [1.165, 1.54) is 77.9 Å². The van der Waals surface area contributed by atoms with Crippen molar-refractivity contribution in [1.29, 1.82) is 0 Å². The van der Waals surface area contributed by atoms with Crippen molar-refractivity contribution >= 4 is 17.1 Å². The Balaban J connectivity index is 1.34. The largest absolute Gasteiger partial charge is 0.311 e. The topological polar surface area (TPSA) is 3.24 Å². The Morgan fingerprint density at radius 2 is 0.610 bits per heavy atom. The van der Waals surface area contributed by atoms with Crippen molar-refractivity contribution in [1.82, 2.24) is 0 Å². The van der Waals surface area contributed by atoms with Gasteiger partial charge in [0, 0.05) is 23.0 Å². The second-order valence-electron chi connectivity index (χ2n) is 15.4. The van der Waals surface area contributed by atoms with E-state index >= 15 is 0 Å². The van der Waals surface area contributed by atoms with Gasteiger partial charge in [-0.15, -0.1) is 0 Å². The Kier molecular flexibility index (Phi) is 10.6. The average molecular weight is 758 g/mol. The summed E-state index contributed by atoms with van der Waals surface area (Å²) in [5.74, 6) is -0.128. The summed E-state index contributed by atoms with van der Waals surface area (Å²) >= 11 is 0. The Bertz CT molecular complexity index is 2720. The predicted molar refractivity (Wildman–Crippen MR) is 251 cm³/mol. The van der Waals surface area contributed by atoms with Gasteiger partial charge in [0.25, 0.3) is 0 Å². The number of rotatable bonds is 10. The molecule has 284 valence electrons. The Morgan fingerprint density at radius 3 is 1.07 bits per heavy atom. The summed E-state index contributed by atoms with van der Waals surface area (Å²) in [7, 11) is 0. The van der Waals surface area contributed by atoms with Crippen molar-refractivity contribution in [3.05, 3.63) is 258 Å². The van der Waals surface area contributed by atoms with Crippen LogP contribution in [0.15, 0.2) is 224 Å². The molecule has 9 rings (SSSR count). The summed E-state index contributed by atoms with van der Waals surface area (Å²) in [5, 5.41) is 0. The van der Waals surface area contributed by atoms with Crippen molar-refractivity contribution in [2.75, 3.05) is 4.90 Å². The van der Waals surface area contributed by atoms with Gasteiger partial charge >= 0.3 is 0 Å². The first-order chi connectivity index (χ1) is 29.1. The van der Waals surface area contributed by atoms with Crippen LogP contribution in [0.4, 0.5) is 17.1 Å². The van der Waals surface area contributed by atoms with E-state index < -0.39 is 0 Å². The van der Waals surface area contributed by atoms with E-state index in [9.17, 15) is 0 Å². The third kappa shape index (κ3) is 7.40. The maximum absolute atomic E-state index is 2.36. The van der Waals surface area contributed by atoms with Gasteiger partial charge in [-0.2, -0.15) is 0 Å². The third-order valence-electron chi connectivity index (χ3n) is 11.7. The lowest BCUT2D eigenvalue weighted by Gasteiger charge is -2.30. The average Bonchev–Trinajstić information content (AvgIpc) is 3.29. The molecule has 0 amide bonds. The van der Waals surface area contributed by atoms with Gasteiger partial charge in [-0.25, -0.2) is 0 Å². The molecular formula is C58H47N. The van der Waals surface area contributed by atoms with Crippen LogP contribution in [0.25, 0.3) is 44.5 Å². The first kappa shape index (κ1) is 37.4. The van der Waals surface area contributed by atoms with Crippen LogP contribution in [0.5, 0.6) is 0 Å². The molecule has 0 saturated carbocycles. The molecule has 0 aliphatic carbocycles. The van der Waals surface area contributed by atoms with Gasteiger partial charge in [0.1, 0.15) is 0 Å². The standard InChI is InChI=1S/C58H47N/c1-41-21-10-13-28-48(41)52-31-16-18-33-55(52)58(56-34-19-17-32-53(56)49-29-14-11-22-42(49)2)57-51(35-20-36-54(57)50-30-15-12-23-43(50)3)44-37-39-47(40-38-44)59(45-24-6-4-7-25-45)46-26-8-5-9-27-46/h4-40,58H,1-3H3. The predicted octanol–water partition coefficient (Wildman–Crippen LogP) is 15.9. The molecule has 1 nitrogen and oxygen atoms in total. The highest BCUT2D eigenvalue weighted by Crippen LogP contribution is 2.49. The Hall–Kier alpha value is -7.22. The van der Waals surface area contributed by atoms with Gasteiger partial charge in [-0.05, 0) is 135 Å². The van der Waals surface area contributed by atoms with E-state index in [0.29, 0.717) is 0 Å². The number of anilines is 3. The lowest BCUT2D eigenvalue weighted by molar-refractivity contribution is 0.985. The molecule has 0 fully saturated rings. The van der Waals surface area contributed by atoms with Gasteiger partial charge in [0.05, 0.1) is 0 Å². The minimum Gasteiger partial charge on any atom is -0.311 e. The molecule has 0 aliphatic heterocycles. The zero-order valence-electron chi connectivity index (χ0n) is 33.9. The summed E-state index contributed by atoms with van der Waals surface area (Å²) in [6.45, 7) is 6.69. The van der Waals surface area contributed by atoms with E-state index in [2.05, 4.69) is 250 Å². The zero-order valence-corrected chi connectivity index (χ0v) is 33.9. The number of para-hydroxylation sites is 2. The van der Waals surface area contributed by atoms with Gasteiger partial charge in [0.15, 0.2) is 0 Å². The number of nitrogens with zero attached hydrogens (tertiary/aromatic N) is 1. The summed E-state index contributed by atoms with van der Waals surface area (Å²) in [6.07, 6.45) is 0. The molecule has 9 aromatic rings. The third-order valence-corrected chi connectivity index (χ3v) is 11.7. The highest BCUT2D eigenvalue weighted by atomic mass is 15.1. The van der Waals surface area contributed by atoms with Gasteiger partial charge in [-0.3, -0.25) is 0 Å². The fourth-order valence-electron chi connectivity index (χ4n) is 8.85. The molecule has 0 saturated heterocycles. The zero-order chi connectivity index (χ0) is 40.1.